The average molecular weight is 220 g/mol. The molecule has 1 rings (SSSR count). The fourth-order valence-electron chi connectivity index (χ4n) is 1.67. The molecule has 1 N–H and O–H groups in total. The molecule has 1 aromatic heterocycles. The monoisotopic (exact) mass is 220 g/mol. The highest BCUT2D eigenvalue weighted by atomic mass is 16.3. The van der Waals surface area contributed by atoms with Crippen LogP contribution in [0.25, 0.3) is 0 Å². The molecule has 0 amide bonds. The van der Waals surface area contributed by atoms with Crippen LogP contribution in [-0.4, -0.2) is 9.67 Å². The van der Waals surface area contributed by atoms with Crippen LogP contribution < -0.4 is 5.56 Å². The third-order valence-electron chi connectivity index (χ3n) is 2.59. The Balaban J connectivity index is 3.31. The number of aromatic hydroxyl groups is 1. The van der Waals surface area contributed by atoms with Gasteiger partial charge in [-0.05, 0) is 25.3 Å². The molecule has 4 heteroatoms. The maximum Gasteiger partial charge on any atom is 0.253 e. The molecule has 0 radical (unpaired) electrons. The number of hydrogen-bond acceptors (Lipinski definition) is 3. The van der Waals surface area contributed by atoms with Crippen molar-refractivity contribution >= 4 is 0 Å². The Kier molecular flexibility index (Phi) is 4.12. The average Bonchev–Trinajstić information content (AvgIpc) is 2.26. The van der Waals surface area contributed by atoms with Gasteiger partial charge in [0.15, 0.2) is 0 Å². The number of pyridine rings is 1. The van der Waals surface area contributed by atoms with Gasteiger partial charge in [0.2, 0.25) is 5.88 Å². The smallest absolute Gasteiger partial charge is 0.253 e. The van der Waals surface area contributed by atoms with E-state index in [1.807, 2.05) is 13.0 Å². The minimum Gasteiger partial charge on any atom is -0.493 e. The maximum absolute atomic E-state index is 11.6. The number of nitriles is 1. The van der Waals surface area contributed by atoms with Crippen LogP contribution in [0.2, 0.25) is 0 Å². The minimum atomic E-state index is -0.245. The molecule has 1 heterocycles. The first-order valence-corrected chi connectivity index (χ1v) is 5.51. The van der Waals surface area contributed by atoms with E-state index in [2.05, 4.69) is 0 Å². The number of nitrogens with zero attached hydrogens (tertiary/aromatic N) is 2. The molecule has 0 aromatic carbocycles. The zero-order valence-corrected chi connectivity index (χ0v) is 9.66. The van der Waals surface area contributed by atoms with E-state index in [1.165, 1.54) is 10.6 Å². The van der Waals surface area contributed by atoms with Crippen LogP contribution in [0.1, 0.15) is 37.8 Å². The molecule has 0 spiro atoms. The molecule has 0 atom stereocenters. The SMILES string of the molecule is CCCCc1cc(=O)n(CC)c(O)c1C#N. The van der Waals surface area contributed by atoms with Crippen LogP contribution in [0.4, 0.5) is 0 Å². The van der Waals surface area contributed by atoms with Crippen molar-refractivity contribution in [2.24, 2.45) is 0 Å². The molecular formula is C12H16N2O2. The van der Waals surface area contributed by atoms with Crippen molar-refractivity contribution in [3.8, 4) is 11.9 Å². The van der Waals surface area contributed by atoms with Gasteiger partial charge in [0.05, 0.1) is 0 Å². The highest BCUT2D eigenvalue weighted by Gasteiger charge is 2.13. The van der Waals surface area contributed by atoms with Gasteiger partial charge in [-0.15, -0.1) is 0 Å². The van der Waals surface area contributed by atoms with Crippen molar-refractivity contribution in [3.63, 3.8) is 0 Å². The van der Waals surface area contributed by atoms with E-state index in [4.69, 9.17) is 5.26 Å². The number of hydrogen-bond donors (Lipinski definition) is 1. The van der Waals surface area contributed by atoms with E-state index in [1.54, 1.807) is 6.92 Å². The number of aromatic nitrogens is 1. The predicted molar refractivity (Wildman–Crippen MR) is 61.4 cm³/mol. The normalized spacial score (nSPS) is 10.1. The molecule has 86 valence electrons. The van der Waals surface area contributed by atoms with Crippen LogP contribution in [0.3, 0.4) is 0 Å². The Labute approximate surface area is 94.8 Å². The molecule has 0 aliphatic heterocycles. The standard InChI is InChI=1S/C12H16N2O2/c1-3-5-6-9-7-11(15)14(4-2)12(16)10(9)8-13/h7,16H,3-6H2,1-2H3. The van der Waals surface area contributed by atoms with Crippen LogP contribution in [-0.2, 0) is 13.0 Å². The Morgan fingerprint density at radius 3 is 2.69 bits per heavy atom. The Hall–Kier alpha value is -1.76. The summed E-state index contributed by atoms with van der Waals surface area (Å²) >= 11 is 0. The fourth-order valence-corrected chi connectivity index (χ4v) is 1.67. The van der Waals surface area contributed by atoms with Crippen molar-refractivity contribution in [1.82, 2.24) is 4.57 Å². The lowest BCUT2D eigenvalue weighted by molar-refractivity contribution is 0.408. The first kappa shape index (κ1) is 12.3. The van der Waals surface area contributed by atoms with Gasteiger partial charge < -0.3 is 5.11 Å². The summed E-state index contributed by atoms with van der Waals surface area (Å²) in [6, 6.07) is 3.42. The van der Waals surface area contributed by atoms with E-state index >= 15 is 0 Å². The van der Waals surface area contributed by atoms with Gasteiger partial charge in [-0.1, -0.05) is 13.3 Å². The van der Waals surface area contributed by atoms with Gasteiger partial charge in [-0.2, -0.15) is 5.26 Å². The Morgan fingerprint density at radius 2 is 2.19 bits per heavy atom. The second kappa shape index (κ2) is 5.36. The molecule has 0 aliphatic carbocycles. The zero-order chi connectivity index (χ0) is 12.1. The first-order valence-electron chi connectivity index (χ1n) is 5.51. The van der Waals surface area contributed by atoms with Crippen LogP contribution in [0.15, 0.2) is 10.9 Å². The molecule has 1 aromatic rings. The summed E-state index contributed by atoms with van der Waals surface area (Å²) in [6.45, 7) is 4.17. The largest absolute Gasteiger partial charge is 0.493 e. The lowest BCUT2D eigenvalue weighted by Gasteiger charge is -2.10. The van der Waals surface area contributed by atoms with Crippen molar-refractivity contribution in [2.75, 3.05) is 0 Å². The van der Waals surface area contributed by atoms with Gasteiger partial charge in [0.25, 0.3) is 5.56 Å². The summed E-state index contributed by atoms with van der Waals surface area (Å²) in [4.78, 5) is 11.6. The van der Waals surface area contributed by atoms with Gasteiger partial charge in [-0.3, -0.25) is 9.36 Å². The van der Waals surface area contributed by atoms with Gasteiger partial charge in [0, 0.05) is 12.6 Å². The minimum absolute atomic E-state index is 0.205. The summed E-state index contributed by atoms with van der Waals surface area (Å²) in [5, 5.41) is 18.8. The van der Waals surface area contributed by atoms with E-state index < -0.39 is 0 Å². The number of unbranched alkanes of at least 4 members (excludes halogenated alkanes) is 1. The molecule has 0 unspecified atom stereocenters. The predicted octanol–water partition coefficient (Wildman–Crippen LogP) is 1.79. The first-order chi connectivity index (χ1) is 7.65. The van der Waals surface area contributed by atoms with Crippen LogP contribution >= 0.6 is 0 Å². The van der Waals surface area contributed by atoms with Crippen molar-refractivity contribution in [2.45, 2.75) is 39.7 Å². The molecular weight excluding hydrogens is 204 g/mol. The number of rotatable bonds is 4. The van der Waals surface area contributed by atoms with E-state index in [-0.39, 0.29) is 17.0 Å². The van der Waals surface area contributed by atoms with Gasteiger partial charge in [-0.25, -0.2) is 0 Å². The molecule has 0 aliphatic rings. The summed E-state index contributed by atoms with van der Waals surface area (Å²) in [7, 11) is 0. The van der Waals surface area contributed by atoms with E-state index in [0.717, 1.165) is 12.8 Å². The quantitative estimate of drug-likeness (QED) is 0.841. The number of aryl methyl sites for hydroxylation is 1. The second-order valence-corrected chi connectivity index (χ2v) is 3.67. The lowest BCUT2D eigenvalue weighted by atomic mass is 10.0. The van der Waals surface area contributed by atoms with Crippen molar-refractivity contribution < 1.29 is 5.11 Å². The highest BCUT2D eigenvalue weighted by Crippen LogP contribution is 2.19. The van der Waals surface area contributed by atoms with Crippen molar-refractivity contribution in [1.29, 1.82) is 5.26 Å². The fraction of sp³-hybridized carbons (Fsp3) is 0.500. The van der Waals surface area contributed by atoms with Crippen LogP contribution in [0.5, 0.6) is 5.88 Å². The highest BCUT2D eigenvalue weighted by molar-refractivity contribution is 5.44. The summed E-state index contributed by atoms with van der Waals surface area (Å²) < 4.78 is 1.20. The summed E-state index contributed by atoms with van der Waals surface area (Å²) in [5.74, 6) is -0.205. The van der Waals surface area contributed by atoms with Crippen LogP contribution in [0, 0.1) is 11.3 Å². The summed E-state index contributed by atoms with van der Waals surface area (Å²) in [5.41, 5.74) is 0.636. The summed E-state index contributed by atoms with van der Waals surface area (Å²) in [6.07, 6.45) is 2.55. The Morgan fingerprint density at radius 1 is 1.50 bits per heavy atom. The van der Waals surface area contributed by atoms with Gasteiger partial charge >= 0.3 is 0 Å². The second-order valence-electron chi connectivity index (χ2n) is 3.67. The molecule has 4 nitrogen and oxygen atoms in total. The molecule has 0 saturated carbocycles. The topological polar surface area (TPSA) is 66.0 Å². The maximum atomic E-state index is 11.6. The zero-order valence-electron chi connectivity index (χ0n) is 9.66. The third kappa shape index (κ3) is 2.25. The van der Waals surface area contributed by atoms with Gasteiger partial charge in [0.1, 0.15) is 11.6 Å². The van der Waals surface area contributed by atoms with E-state index in [9.17, 15) is 9.90 Å². The lowest BCUT2D eigenvalue weighted by Crippen LogP contribution is -2.20. The van der Waals surface area contributed by atoms with E-state index in [0.29, 0.717) is 18.5 Å². The molecule has 0 fully saturated rings. The Bertz CT molecular complexity index is 469. The third-order valence-corrected chi connectivity index (χ3v) is 2.59. The molecule has 0 saturated heterocycles. The molecule has 0 bridgehead atoms. The van der Waals surface area contributed by atoms with Crippen molar-refractivity contribution in [3.05, 3.63) is 27.5 Å². The molecule has 16 heavy (non-hydrogen) atoms.